The maximum absolute atomic E-state index is 10.5. The third-order valence-electron chi connectivity index (χ3n) is 5.11. The van der Waals surface area contributed by atoms with Gasteiger partial charge in [-0.1, -0.05) is 39.0 Å². The Balaban J connectivity index is 1.57. The molecule has 2 aliphatic rings. The van der Waals surface area contributed by atoms with Crippen LogP contribution in [-0.4, -0.2) is 23.8 Å². The van der Waals surface area contributed by atoms with Gasteiger partial charge >= 0.3 is 0 Å². The molecule has 2 nitrogen and oxygen atoms in total. The molecule has 106 valence electrons. The van der Waals surface area contributed by atoms with Gasteiger partial charge in [0.2, 0.25) is 0 Å². The minimum absolute atomic E-state index is 0.404. The molecule has 2 N–H and O–H groups in total. The second-order valence-electron chi connectivity index (χ2n) is 6.88. The summed E-state index contributed by atoms with van der Waals surface area (Å²) in [6, 6.07) is 0. The van der Waals surface area contributed by atoms with Crippen LogP contribution in [0.1, 0.15) is 71.1 Å². The molecule has 0 bridgehead atoms. The van der Waals surface area contributed by atoms with Crippen molar-refractivity contribution < 1.29 is 5.11 Å². The van der Waals surface area contributed by atoms with Crippen molar-refractivity contribution >= 4 is 0 Å². The van der Waals surface area contributed by atoms with Gasteiger partial charge in [-0.2, -0.15) is 0 Å². The van der Waals surface area contributed by atoms with Crippen molar-refractivity contribution in [1.29, 1.82) is 0 Å². The maximum atomic E-state index is 10.5. The van der Waals surface area contributed by atoms with Gasteiger partial charge in [-0.25, -0.2) is 0 Å². The zero-order valence-electron chi connectivity index (χ0n) is 12.1. The molecule has 0 amide bonds. The fourth-order valence-electron chi connectivity index (χ4n) is 3.58. The zero-order chi connectivity index (χ0) is 12.8. The fraction of sp³-hybridized carbons (Fsp3) is 1.00. The van der Waals surface area contributed by atoms with Crippen molar-refractivity contribution in [3.05, 3.63) is 0 Å². The summed E-state index contributed by atoms with van der Waals surface area (Å²) in [5, 5.41) is 14.0. The Morgan fingerprint density at radius 1 is 1.06 bits per heavy atom. The lowest BCUT2D eigenvalue weighted by molar-refractivity contribution is -0.00618. The second kappa shape index (κ2) is 6.91. The SMILES string of the molecule is CC1CCC(O)(CNCCC2CCCCC2)CC1. The molecule has 0 aromatic carbocycles. The van der Waals surface area contributed by atoms with E-state index in [1.165, 1.54) is 51.4 Å². The van der Waals surface area contributed by atoms with E-state index in [2.05, 4.69) is 12.2 Å². The van der Waals surface area contributed by atoms with Crippen molar-refractivity contribution in [2.75, 3.05) is 13.1 Å². The van der Waals surface area contributed by atoms with Gasteiger partial charge in [0.25, 0.3) is 0 Å². The third-order valence-corrected chi connectivity index (χ3v) is 5.11. The number of rotatable bonds is 5. The van der Waals surface area contributed by atoms with Crippen LogP contribution in [0.5, 0.6) is 0 Å². The van der Waals surface area contributed by atoms with E-state index in [1.54, 1.807) is 0 Å². The first kappa shape index (κ1) is 14.3. The minimum Gasteiger partial charge on any atom is -0.389 e. The largest absolute Gasteiger partial charge is 0.389 e. The van der Waals surface area contributed by atoms with Crippen LogP contribution in [0.25, 0.3) is 0 Å². The van der Waals surface area contributed by atoms with Gasteiger partial charge in [-0.15, -0.1) is 0 Å². The molecule has 0 unspecified atom stereocenters. The first-order chi connectivity index (χ1) is 8.68. The Bertz CT molecular complexity index is 227. The van der Waals surface area contributed by atoms with Crippen LogP contribution in [0.15, 0.2) is 0 Å². The molecule has 18 heavy (non-hydrogen) atoms. The van der Waals surface area contributed by atoms with Crippen molar-refractivity contribution in [2.24, 2.45) is 11.8 Å². The highest BCUT2D eigenvalue weighted by atomic mass is 16.3. The van der Waals surface area contributed by atoms with Gasteiger partial charge in [-0.05, 0) is 50.5 Å². The molecule has 2 heteroatoms. The maximum Gasteiger partial charge on any atom is 0.0771 e. The molecule has 0 aromatic rings. The Labute approximate surface area is 113 Å². The van der Waals surface area contributed by atoms with Crippen molar-refractivity contribution in [3.63, 3.8) is 0 Å². The Kier molecular flexibility index (Phi) is 5.50. The van der Waals surface area contributed by atoms with Crippen LogP contribution in [-0.2, 0) is 0 Å². The Morgan fingerprint density at radius 3 is 2.39 bits per heavy atom. The lowest BCUT2D eigenvalue weighted by Gasteiger charge is -2.35. The summed E-state index contributed by atoms with van der Waals surface area (Å²) >= 11 is 0. The van der Waals surface area contributed by atoms with Gasteiger partial charge in [0.15, 0.2) is 0 Å². The normalized spacial score (nSPS) is 34.7. The van der Waals surface area contributed by atoms with Crippen LogP contribution < -0.4 is 5.32 Å². The Hall–Kier alpha value is -0.0800. The van der Waals surface area contributed by atoms with Crippen LogP contribution in [0, 0.1) is 11.8 Å². The van der Waals surface area contributed by atoms with E-state index < -0.39 is 5.60 Å². The van der Waals surface area contributed by atoms with Gasteiger partial charge in [0, 0.05) is 6.54 Å². The van der Waals surface area contributed by atoms with Gasteiger partial charge in [0.1, 0.15) is 0 Å². The van der Waals surface area contributed by atoms with E-state index in [1.807, 2.05) is 0 Å². The van der Waals surface area contributed by atoms with Gasteiger partial charge in [0.05, 0.1) is 5.60 Å². The molecule has 2 fully saturated rings. The van der Waals surface area contributed by atoms with E-state index in [9.17, 15) is 5.11 Å². The average Bonchev–Trinajstić information content (AvgIpc) is 2.40. The molecular formula is C16H31NO. The molecular weight excluding hydrogens is 222 g/mol. The number of hydrogen-bond acceptors (Lipinski definition) is 2. The van der Waals surface area contributed by atoms with Gasteiger partial charge in [-0.3, -0.25) is 0 Å². The number of nitrogens with one attached hydrogen (secondary N) is 1. The summed E-state index contributed by atoms with van der Waals surface area (Å²) in [4.78, 5) is 0. The van der Waals surface area contributed by atoms with Crippen LogP contribution >= 0.6 is 0 Å². The standard InChI is InChI=1S/C16H31NO/c1-14-7-10-16(18,11-8-14)13-17-12-9-15-5-3-2-4-6-15/h14-15,17-18H,2-13H2,1H3. The zero-order valence-corrected chi connectivity index (χ0v) is 12.1. The summed E-state index contributed by atoms with van der Waals surface area (Å²) in [7, 11) is 0. The second-order valence-corrected chi connectivity index (χ2v) is 6.88. The van der Waals surface area contributed by atoms with Crippen molar-refractivity contribution in [2.45, 2.75) is 76.7 Å². The molecule has 2 rings (SSSR count). The van der Waals surface area contributed by atoms with Crippen molar-refractivity contribution in [3.8, 4) is 0 Å². The summed E-state index contributed by atoms with van der Waals surface area (Å²) in [6.45, 7) is 4.21. The smallest absolute Gasteiger partial charge is 0.0771 e. The van der Waals surface area contributed by atoms with Crippen LogP contribution in [0.2, 0.25) is 0 Å². The monoisotopic (exact) mass is 253 g/mol. The van der Waals surface area contributed by atoms with E-state index >= 15 is 0 Å². The number of aliphatic hydroxyl groups is 1. The molecule has 0 saturated heterocycles. The highest BCUT2D eigenvalue weighted by molar-refractivity contribution is 4.86. The molecule has 0 radical (unpaired) electrons. The topological polar surface area (TPSA) is 32.3 Å². The van der Waals surface area contributed by atoms with Crippen LogP contribution in [0.4, 0.5) is 0 Å². The third kappa shape index (κ3) is 4.55. The fourth-order valence-corrected chi connectivity index (χ4v) is 3.58. The summed E-state index contributed by atoms with van der Waals surface area (Å²) in [5.41, 5.74) is -0.404. The lowest BCUT2D eigenvalue weighted by atomic mass is 9.79. The van der Waals surface area contributed by atoms with E-state index in [0.29, 0.717) is 0 Å². The van der Waals surface area contributed by atoms with Gasteiger partial charge < -0.3 is 10.4 Å². The molecule has 0 aromatic heterocycles. The predicted octanol–water partition coefficient (Wildman–Crippen LogP) is 3.49. The molecule has 0 aliphatic heterocycles. The summed E-state index contributed by atoms with van der Waals surface area (Å²) < 4.78 is 0. The predicted molar refractivity (Wildman–Crippen MR) is 76.6 cm³/mol. The van der Waals surface area contributed by atoms with Crippen LogP contribution in [0.3, 0.4) is 0 Å². The molecule has 2 aliphatic carbocycles. The quantitative estimate of drug-likeness (QED) is 0.735. The first-order valence-electron chi connectivity index (χ1n) is 8.11. The highest BCUT2D eigenvalue weighted by Gasteiger charge is 2.31. The first-order valence-corrected chi connectivity index (χ1v) is 8.11. The average molecular weight is 253 g/mol. The molecule has 0 heterocycles. The lowest BCUT2D eigenvalue weighted by Crippen LogP contribution is -2.43. The minimum atomic E-state index is -0.404. The highest BCUT2D eigenvalue weighted by Crippen LogP contribution is 2.31. The Morgan fingerprint density at radius 2 is 1.72 bits per heavy atom. The van der Waals surface area contributed by atoms with E-state index in [0.717, 1.165) is 37.8 Å². The number of hydrogen-bond donors (Lipinski definition) is 2. The molecule has 0 atom stereocenters. The summed E-state index contributed by atoms with van der Waals surface area (Å²) in [6.07, 6.45) is 12.9. The summed E-state index contributed by atoms with van der Waals surface area (Å²) in [5.74, 6) is 1.76. The molecule has 2 saturated carbocycles. The van der Waals surface area contributed by atoms with Crippen molar-refractivity contribution in [1.82, 2.24) is 5.32 Å². The molecule has 0 spiro atoms. The van der Waals surface area contributed by atoms with E-state index in [-0.39, 0.29) is 0 Å². The van der Waals surface area contributed by atoms with E-state index in [4.69, 9.17) is 0 Å².